The summed E-state index contributed by atoms with van der Waals surface area (Å²) in [6.45, 7) is -0.225. The maximum absolute atomic E-state index is 13.6. The first-order valence-corrected chi connectivity index (χ1v) is 13.7. The monoisotopic (exact) mass is 539 g/mol. The third kappa shape index (κ3) is 5.47. The van der Waals surface area contributed by atoms with Crippen LogP contribution in [0.3, 0.4) is 0 Å². The van der Waals surface area contributed by atoms with Gasteiger partial charge in [-0.25, -0.2) is 12.8 Å². The van der Waals surface area contributed by atoms with Crippen molar-refractivity contribution in [2.24, 2.45) is 5.41 Å². The van der Waals surface area contributed by atoms with Gasteiger partial charge in [0.05, 0.1) is 33.7 Å². The van der Waals surface area contributed by atoms with Crippen LogP contribution in [0.4, 0.5) is 4.39 Å². The van der Waals surface area contributed by atoms with Gasteiger partial charge in [0, 0.05) is 24.1 Å². The number of sulfone groups is 1. The molecule has 0 saturated heterocycles. The lowest BCUT2D eigenvalue weighted by molar-refractivity contribution is -0.156. The van der Waals surface area contributed by atoms with Gasteiger partial charge in [-0.1, -0.05) is 11.6 Å². The highest BCUT2D eigenvalue weighted by molar-refractivity contribution is 7.90. The van der Waals surface area contributed by atoms with Crippen molar-refractivity contribution in [3.63, 3.8) is 0 Å². The lowest BCUT2D eigenvalue weighted by Gasteiger charge is -2.55. The first kappa shape index (κ1) is 26.3. The van der Waals surface area contributed by atoms with E-state index in [4.69, 9.17) is 16.3 Å². The number of halogens is 2. The quantitative estimate of drug-likeness (QED) is 0.468. The Balaban J connectivity index is 1.31. The second-order valence-corrected chi connectivity index (χ2v) is 11.9. The summed E-state index contributed by atoms with van der Waals surface area (Å²) in [5, 5.41) is 16.6. The first-order valence-electron chi connectivity index (χ1n) is 11.4. The minimum Gasteiger partial charge on any atom is -0.484 e. The maximum atomic E-state index is 13.6. The normalized spacial score (nSPS) is 25.3. The lowest BCUT2D eigenvalue weighted by Crippen LogP contribution is -2.65. The van der Waals surface area contributed by atoms with E-state index < -0.39 is 38.6 Å². The average molecular weight is 540 g/mol. The Morgan fingerprint density at radius 3 is 2.53 bits per heavy atom. The van der Waals surface area contributed by atoms with Crippen molar-refractivity contribution in [3.8, 4) is 5.75 Å². The number of pyridine rings is 1. The summed E-state index contributed by atoms with van der Waals surface area (Å²) >= 11 is 5.65. The van der Waals surface area contributed by atoms with Crippen LogP contribution in [0.25, 0.3) is 0 Å². The molecule has 2 bridgehead atoms. The van der Waals surface area contributed by atoms with Gasteiger partial charge < -0.3 is 20.5 Å². The average Bonchev–Trinajstić information content (AvgIpc) is 2.83. The number of hydrogen-bond acceptors (Lipinski definition) is 7. The van der Waals surface area contributed by atoms with Crippen LogP contribution in [0.1, 0.15) is 37.8 Å². The summed E-state index contributed by atoms with van der Waals surface area (Å²) in [4.78, 5) is 29.8. The standard InChI is InChI=1S/C24H27ClFN3O6S/c1-36(33,34)17-4-2-15(27-13-17)12-28-22(32)24-8-6-23(7-9-24,11-20(24)30)29-21(31)14-35-16-3-5-18(25)19(26)10-16/h2-5,10,13,20,30H,6-9,11-12,14H2,1H3,(H,28,32)(H,29,31)/t20-,23?,24?/m0/s1. The van der Waals surface area contributed by atoms with Gasteiger partial charge in [0.15, 0.2) is 16.4 Å². The smallest absolute Gasteiger partial charge is 0.258 e. The number of ether oxygens (including phenoxy) is 1. The first-order chi connectivity index (χ1) is 16.9. The number of fused-ring (bicyclic) bond motifs is 3. The SMILES string of the molecule is CS(=O)(=O)c1ccc(CNC(=O)C23CCC(NC(=O)COc4ccc(Cl)c(F)c4)(CC2)C[C@@H]3O)nc1. The molecule has 194 valence electrons. The molecule has 1 aromatic carbocycles. The van der Waals surface area contributed by atoms with Gasteiger partial charge in [-0.15, -0.1) is 0 Å². The van der Waals surface area contributed by atoms with Crippen LogP contribution in [0.5, 0.6) is 5.75 Å². The third-order valence-electron chi connectivity index (χ3n) is 7.09. The Labute approximate surface area is 213 Å². The molecule has 0 spiro atoms. The minimum atomic E-state index is -3.36. The van der Waals surface area contributed by atoms with Crippen molar-refractivity contribution in [1.82, 2.24) is 15.6 Å². The van der Waals surface area contributed by atoms with E-state index in [1.54, 1.807) is 0 Å². The summed E-state index contributed by atoms with van der Waals surface area (Å²) in [5.74, 6) is -1.17. The molecule has 0 radical (unpaired) electrons. The van der Waals surface area contributed by atoms with Gasteiger partial charge in [-0.05, 0) is 56.4 Å². The van der Waals surface area contributed by atoms with Crippen LogP contribution in [0.2, 0.25) is 5.02 Å². The topological polar surface area (TPSA) is 135 Å². The highest BCUT2D eigenvalue weighted by Gasteiger charge is 2.58. The van der Waals surface area contributed by atoms with Gasteiger partial charge in [-0.3, -0.25) is 14.6 Å². The summed E-state index contributed by atoms with van der Waals surface area (Å²) < 4.78 is 42.0. The largest absolute Gasteiger partial charge is 0.484 e. The van der Waals surface area contributed by atoms with E-state index in [0.29, 0.717) is 31.4 Å². The fraction of sp³-hybridized carbons (Fsp3) is 0.458. The molecule has 0 unspecified atom stereocenters. The summed E-state index contributed by atoms with van der Waals surface area (Å²) in [6, 6.07) is 6.87. The number of rotatable bonds is 8. The van der Waals surface area contributed by atoms with E-state index in [1.807, 2.05) is 0 Å². The van der Waals surface area contributed by atoms with Crippen LogP contribution in [0, 0.1) is 11.2 Å². The molecule has 3 aliphatic rings. The molecule has 2 amide bonds. The number of carbonyl (C=O) groups excluding carboxylic acids is 2. The fourth-order valence-electron chi connectivity index (χ4n) is 4.96. The molecule has 0 aliphatic heterocycles. The zero-order valence-corrected chi connectivity index (χ0v) is 21.2. The fourth-order valence-corrected chi connectivity index (χ4v) is 5.64. The summed E-state index contributed by atoms with van der Waals surface area (Å²) in [7, 11) is -3.36. The second-order valence-electron chi connectivity index (χ2n) is 9.51. The molecule has 5 rings (SSSR count). The zero-order valence-electron chi connectivity index (χ0n) is 19.6. The van der Waals surface area contributed by atoms with Crippen LogP contribution >= 0.6 is 11.6 Å². The van der Waals surface area contributed by atoms with Crippen molar-refractivity contribution in [1.29, 1.82) is 0 Å². The van der Waals surface area contributed by atoms with E-state index in [9.17, 15) is 27.5 Å². The molecule has 2 aromatic rings. The van der Waals surface area contributed by atoms with Gasteiger partial charge in [0.1, 0.15) is 11.6 Å². The van der Waals surface area contributed by atoms with Crippen LogP contribution in [-0.4, -0.2) is 54.8 Å². The molecule has 1 heterocycles. The van der Waals surface area contributed by atoms with Gasteiger partial charge in [-0.2, -0.15) is 0 Å². The molecular weight excluding hydrogens is 513 g/mol. The summed E-state index contributed by atoms with van der Waals surface area (Å²) in [5.41, 5.74) is -1.11. The number of hydrogen-bond donors (Lipinski definition) is 3. The van der Waals surface area contributed by atoms with Gasteiger partial charge in [0.25, 0.3) is 5.91 Å². The Hall–Kier alpha value is -2.76. The van der Waals surface area contributed by atoms with E-state index >= 15 is 0 Å². The Morgan fingerprint density at radius 2 is 1.94 bits per heavy atom. The Bertz CT molecular complexity index is 1260. The molecule has 3 N–H and O–H groups in total. The third-order valence-corrected chi connectivity index (χ3v) is 8.50. The van der Waals surface area contributed by atoms with Crippen LogP contribution < -0.4 is 15.4 Å². The number of amides is 2. The highest BCUT2D eigenvalue weighted by atomic mass is 35.5. The van der Waals surface area contributed by atoms with Crippen LogP contribution in [0.15, 0.2) is 41.4 Å². The van der Waals surface area contributed by atoms with Crippen molar-refractivity contribution in [2.75, 3.05) is 12.9 Å². The predicted molar refractivity (Wildman–Crippen MR) is 128 cm³/mol. The number of nitrogens with one attached hydrogen (secondary N) is 2. The molecule has 36 heavy (non-hydrogen) atoms. The number of benzene rings is 1. The minimum absolute atomic E-state index is 0.0438. The molecule has 1 atom stereocenters. The lowest BCUT2D eigenvalue weighted by atomic mass is 9.55. The molecule has 3 aliphatic carbocycles. The van der Waals surface area contributed by atoms with Crippen molar-refractivity contribution in [2.45, 2.75) is 55.2 Å². The number of aromatic nitrogens is 1. The second kappa shape index (κ2) is 9.95. The number of aliphatic hydroxyl groups excluding tert-OH is 1. The highest BCUT2D eigenvalue weighted by Crippen LogP contribution is 2.52. The number of nitrogens with zero attached hydrogens (tertiary/aromatic N) is 1. The van der Waals surface area contributed by atoms with Gasteiger partial charge in [0.2, 0.25) is 5.91 Å². The van der Waals surface area contributed by atoms with E-state index in [2.05, 4.69) is 15.6 Å². The van der Waals surface area contributed by atoms with Gasteiger partial charge >= 0.3 is 0 Å². The molecule has 12 heteroatoms. The van der Waals surface area contributed by atoms with Crippen molar-refractivity contribution < 1.29 is 32.2 Å². The van der Waals surface area contributed by atoms with Crippen LogP contribution in [-0.2, 0) is 26.0 Å². The number of carbonyl (C=O) groups is 2. The zero-order chi connectivity index (χ0) is 26.1. The van der Waals surface area contributed by atoms with Crippen molar-refractivity contribution >= 4 is 33.3 Å². The maximum Gasteiger partial charge on any atom is 0.258 e. The number of aliphatic hydroxyl groups is 1. The molecule has 3 fully saturated rings. The summed E-state index contributed by atoms with van der Waals surface area (Å²) in [6.07, 6.45) is 3.42. The molecular formula is C24H27ClFN3O6S. The molecule has 9 nitrogen and oxygen atoms in total. The van der Waals surface area contributed by atoms with E-state index in [0.717, 1.165) is 12.3 Å². The van der Waals surface area contributed by atoms with E-state index in [-0.39, 0.29) is 41.1 Å². The van der Waals surface area contributed by atoms with E-state index in [1.165, 1.54) is 30.5 Å². The predicted octanol–water partition coefficient (Wildman–Crippen LogP) is 2.15. The Kier molecular flexibility index (Phi) is 7.27. The Morgan fingerprint density at radius 1 is 1.22 bits per heavy atom. The molecule has 3 saturated carbocycles. The van der Waals surface area contributed by atoms with Crippen molar-refractivity contribution in [3.05, 3.63) is 53.1 Å². The molecule has 1 aromatic heterocycles.